The molecule has 66 valence electrons. The third kappa shape index (κ3) is 1.38. The second-order valence-electron chi connectivity index (χ2n) is 3.48. The van der Waals surface area contributed by atoms with Gasteiger partial charge in [0.05, 0.1) is 12.0 Å². The van der Waals surface area contributed by atoms with Crippen LogP contribution >= 0.6 is 0 Å². The lowest BCUT2D eigenvalue weighted by Crippen LogP contribution is -2.12. The van der Waals surface area contributed by atoms with Gasteiger partial charge in [0.15, 0.2) is 0 Å². The van der Waals surface area contributed by atoms with Crippen molar-refractivity contribution in [2.75, 3.05) is 0 Å². The number of fused-ring (bicyclic) bond motifs is 1. The third-order valence-corrected chi connectivity index (χ3v) is 2.64. The first kappa shape index (κ1) is 8.12. The highest BCUT2D eigenvalue weighted by Gasteiger charge is 2.19. The number of aromatic hydroxyl groups is 1. The molecule has 0 amide bonds. The Morgan fingerprint density at radius 1 is 1.46 bits per heavy atom. The maximum Gasteiger partial charge on any atom is 0.119 e. The van der Waals surface area contributed by atoms with Crippen molar-refractivity contribution in [3.63, 3.8) is 0 Å². The van der Waals surface area contributed by atoms with Gasteiger partial charge in [-0.05, 0) is 36.5 Å². The number of rotatable bonds is 0. The summed E-state index contributed by atoms with van der Waals surface area (Å²) in [5, 5.41) is 18.3. The minimum Gasteiger partial charge on any atom is -0.508 e. The zero-order valence-corrected chi connectivity index (χ0v) is 7.33. The second-order valence-corrected chi connectivity index (χ2v) is 3.48. The highest BCUT2D eigenvalue weighted by Crippen LogP contribution is 2.30. The van der Waals surface area contributed by atoms with Crippen LogP contribution in [0.1, 0.15) is 17.5 Å². The van der Waals surface area contributed by atoms with Crippen molar-refractivity contribution in [1.82, 2.24) is 0 Å². The molecule has 1 aliphatic rings. The van der Waals surface area contributed by atoms with Crippen LogP contribution in [-0.2, 0) is 12.8 Å². The zero-order chi connectivity index (χ0) is 9.26. The topological polar surface area (TPSA) is 44.0 Å². The lowest BCUT2D eigenvalue weighted by molar-refractivity contribution is 0.455. The second kappa shape index (κ2) is 3.10. The van der Waals surface area contributed by atoms with Crippen LogP contribution in [0.3, 0.4) is 0 Å². The Kier molecular flexibility index (Phi) is 1.94. The Labute approximate surface area is 77.4 Å². The molecule has 0 aromatic heterocycles. The normalized spacial score (nSPS) is 20.4. The van der Waals surface area contributed by atoms with E-state index in [9.17, 15) is 5.11 Å². The van der Waals surface area contributed by atoms with E-state index < -0.39 is 0 Å². The molecule has 1 aliphatic carbocycles. The molecule has 2 nitrogen and oxygen atoms in total. The summed E-state index contributed by atoms with van der Waals surface area (Å²) in [6.45, 7) is 0. The first-order valence-corrected chi connectivity index (χ1v) is 4.50. The third-order valence-electron chi connectivity index (χ3n) is 2.64. The van der Waals surface area contributed by atoms with Gasteiger partial charge in [0.1, 0.15) is 5.75 Å². The molecule has 1 aromatic carbocycles. The van der Waals surface area contributed by atoms with Crippen LogP contribution in [0, 0.1) is 17.2 Å². The average Bonchev–Trinajstić information content (AvgIpc) is 2.18. The molecule has 13 heavy (non-hydrogen) atoms. The average molecular weight is 173 g/mol. The SMILES string of the molecule is N#CC1CCc2c(O)cccc2C1. The number of nitrogens with zero attached hydrogens (tertiary/aromatic N) is 1. The maximum absolute atomic E-state index is 9.53. The van der Waals surface area contributed by atoms with Crippen molar-refractivity contribution in [3.8, 4) is 11.8 Å². The van der Waals surface area contributed by atoms with Crippen LogP contribution in [0.25, 0.3) is 0 Å². The molecule has 0 bridgehead atoms. The number of nitriles is 1. The summed E-state index contributed by atoms with van der Waals surface area (Å²) >= 11 is 0. The summed E-state index contributed by atoms with van der Waals surface area (Å²) in [6, 6.07) is 7.84. The van der Waals surface area contributed by atoms with Gasteiger partial charge in [-0.2, -0.15) is 5.26 Å². The van der Waals surface area contributed by atoms with Crippen molar-refractivity contribution >= 4 is 0 Å². The molecule has 1 atom stereocenters. The van der Waals surface area contributed by atoms with Gasteiger partial charge in [-0.15, -0.1) is 0 Å². The van der Waals surface area contributed by atoms with Gasteiger partial charge < -0.3 is 5.11 Å². The van der Waals surface area contributed by atoms with Crippen LogP contribution in [0.4, 0.5) is 0 Å². The summed E-state index contributed by atoms with van der Waals surface area (Å²) in [4.78, 5) is 0. The number of phenolic OH excluding ortho intramolecular Hbond substituents is 1. The molecule has 0 fully saturated rings. The largest absolute Gasteiger partial charge is 0.508 e. The fourth-order valence-electron chi connectivity index (χ4n) is 1.90. The predicted molar refractivity (Wildman–Crippen MR) is 49.2 cm³/mol. The standard InChI is InChI=1S/C11H11NO/c12-7-8-4-5-10-9(6-8)2-1-3-11(10)13/h1-3,8,13H,4-6H2. The van der Waals surface area contributed by atoms with Gasteiger partial charge in [-0.3, -0.25) is 0 Å². The molecule has 0 heterocycles. The van der Waals surface area contributed by atoms with E-state index >= 15 is 0 Å². The van der Waals surface area contributed by atoms with Crippen molar-refractivity contribution in [2.24, 2.45) is 5.92 Å². The molecule has 1 aromatic rings. The summed E-state index contributed by atoms with van der Waals surface area (Å²) in [5.41, 5.74) is 2.17. The van der Waals surface area contributed by atoms with Gasteiger partial charge in [-0.25, -0.2) is 0 Å². The number of hydrogen-bond acceptors (Lipinski definition) is 2. The van der Waals surface area contributed by atoms with Gasteiger partial charge in [0.25, 0.3) is 0 Å². The fourth-order valence-corrected chi connectivity index (χ4v) is 1.90. The Morgan fingerprint density at radius 2 is 2.31 bits per heavy atom. The van der Waals surface area contributed by atoms with E-state index in [0.29, 0.717) is 5.75 Å². The molecule has 1 N–H and O–H groups in total. The van der Waals surface area contributed by atoms with Gasteiger partial charge >= 0.3 is 0 Å². The molecule has 0 radical (unpaired) electrons. The highest BCUT2D eigenvalue weighted by molar-refractivity contribution is 5.41. The van der Waals surface area contributed by atoms with Crippen LogP contribution in [0.2, 0.25) is 0 Å². The monoisotopic (exact) mass is 173 g/mol. The van der Waals surface area contributed by atoms with Crippen molar-refractivity contribution in [1.29, 1.82) is 5.26 Å². The molecule has 0 saturated carbocycles. The van der Waals surface area contributed by atoms with E-state index in [1.807, 2.05) is 12.1 Å². The first-order valence-electron chi connectivity index (χ1n) is 4.50. The minimum atomic E-state index is 0.134. The van der Waals surface area contributed by atoms with Crippen molar-refractivity contribution in [3.05, 3.63) is 29.3 Å². The maximum atomic E-state index is 9.53. The Morgan fingerprint density at radius 3 is 3.08 bits per heavy atom. The number of benzene rings is 1. The van der Waals surface area contributed by atoms with E-state index in [1.54, 1.807) is 6.07 Å². The van der Waals surface area contributed by atoms with Crippen LogP contribution in [0.15, 0.2) is 18.2 Å². The Balaban J connectivity index is 2.37. The first-order chi connectivity index (χ1) is 6.31. The van der Waals surface area contributed by atoms with Crippen molar-refractivity contribution in [2.45, 2.75) is 19.3 Å². The van der Waals surface area contributed by atoms with Gasteiger partial charge in [-0.1, -0.05) is 12.1 Å². The van der Waals surface area contributed by atoms with E-state index in [2.05, 4.69) is 6.07 Å². The van der Waals surface area contributed by atoms with E-state index in [0.717, 1.165) is 30.4 Å². The molecule has 0 saturated heterocycles. The molecular formula is C11H11NO. The summed E-state index contributed by atoms with van der Waals surface area (Å²) in [7, 11) is 0. The van der Waals surface area contributed by atoms with Crippen molar-refractivity contribution < 1.29 is 5.11 Å². The van der Waals surface area contributed by atoms with E-state index in [1.165, 1.54) is 0 Å². The van der Waals surface area contributed by atoms with Gasteiger partial charge in [0.2, 0.25) is 0 Å². The molecule has 1 unspecified atom stereocenters. The molecule has 0 aliphatic heterocycles. The Bertz CT molecular complexity index is 365. The van der Waals surface area contributed by atoms with Crippen LogP contribution in [0.5, 0.6) is 5.75 Å². The van der Waals surface area contributed by atoms with E-state index in [-0.39, 0.29) is 5.92 Å². The lowest BCUT2D eigenvalue weighted by atomic mass is 9.84. The Hall–Kier alpha value is -1.49. The predicted octanol–water partition coefficient (Wildman–Crippen LogP) is 2.02. The summed E-state index contributed by atoms with van der Waals surface area (Å²) < 4.78 is 0. The fraction of sp³-hybridized carbons (Fsp3) is 0.364. The summed E-state index contributed by atoms with van der Waals surface area (Å²) in [5.74, 6) is 0.517. The smallest absolute Gasteiger partial charge is 0.119 e. The quantitative estimate of drug-likeness (QED) is 0.652. The highest BCUT2D eigenvalue weighted by atomic mass is 16.3. The van der Waals surface area contributed by atoms with Gasteiger partial charge in [0, 0.05) is 0 Å². The molecule has 2 heteroatoms. The van der Waals surface area contributed by atoms with E-state index in [4.69, 9.17) is 5.26 Å². The van der Waals surface area contributed by atoms with Crippen LogP contribution in [-0.4, -0.2) is 5.11 Å². The number of hydrogen-bond donors (Lipinski definition) is 1. The zero-order valence-electron chi connectivity index (χ0n) is 7.33. The summed E-state index contributed by atoms with van der Waals surface area (Å²) in [6.07, 6.45) is 2.50. The molecule has 2 rings (SSSR count). The minimum absolute atomic E-state index is 0.134. The van der Waals surface area contributed by atoms with Crippen LogP contribution < -0.4 is 0 Å². The molecule has 0 spiro atoms. The molecular weight excluding hydrogens is 162 g/mol. The lowest BCUT2D eigenvalue weighted by Gasteiger charge is -2.20. The number of phenols is 1.